The number of aromatic nitrogens is 4. The lowest BCUT2D eigenvalue weighted by atomic mass is 10.0. The van der Waals surface area contributed by atoms with Gasteiger partial charge in [0.1, 0.15) is 11.8 Å². The van der Waals surface area contributed by atoms with Gasteiger partial charge in [-0.2, -0.15) is 10.5 Å². The van der Waals surface area contributed by atoms with Gasteiger partial charge in [0.15, 0.2) is 5.69 Å². The molecule has 3 aromatic rings. The van der Waals surface area contributed by atoms with Crippen molar-refractivity contribution in [2.45, 2.75) is 18.3 Å². The van der Waals surface area contributed by atoms with Crippen molar-refractivity contribution in [2.24, 2.45) is 0 Å². The molecule has 1 aliphatic rings. The van der Waals surface area contributed by atoms with Gasteiger partial charge in [0.2, 0.25) is 0 Å². The van der Waals surface area contributed by atoms with E-state index >= 15 is 0 Å². The average molecular weight is 356 g/mol. The average Bonchev–Trinajstić information content (AvgIpc) is 3.48. The van der Waals surface area contributed by atoms with Gasteiger partial charge in [-0.05, 0) is 47.6 Å². The lowest BCUT2D eigenvalue weighted by molar-refractivity contribution is 0.934. The molecule has 2 N–H and O–H groups in total. The van der Waals surface area contributed by atoms with Crippen LogP contribution in [0, 0.1) is 22.7 Å². The number of nitriles is 2. The normalized spacial score (nSPS) is 17.7. The second-order valence-corrected chi connectivity index (χ2v) is 6.32. The van der Waals surface area contributed by atoms with Gasteiger partial charge in [0.25, 0.3) is 5.56 Å². The largest absolute Gasteiger partial charge is 0.325 e. The van der Waals surface area contributed by atoms with Crippen molar-refractivity contribution in [3.63, 3.8) is 0 Å². The summed E-state index contributed by atoms with van der Waals surface area (Å²) in [6.07, 6.45) is 2.10. The van der Waals surface area contributed by atoms with Crippen LogP contribution in [0.25, 0.3) is 11.3 Å². The van der Waals surface area contributed by atoms with Gasteiger partial charge < -0.3 is 4.98 Å². The van der Waals surface area contributed by atoms with Gasteiger partial charge in [-0.15, -0.1) is 10.2 Å². The van der Waals surface area contributed by atoms with E-state index in [1.807, 2.05) is 24.3 Å². The van der Waals surface area contributed by atoms with Crippen molar-refractivity contribution >= 4 is 0 Å². The summed E-state index contributed by atoms with van der Waals surface area (Å²) in [5.74, 6) is 0.237. The third kappa shape index (κ3) is 3.00. The maximum Gasteiger partial charge on any atom is 0.325 e. The van der Waals surface area contributed by atoms with E-state index < -0.39 is 11.2 Å². The summed E-state index contributed by atoms with van der Waals surface area (Å²) < 4.78 is 0. The molecule has 0 aliphatic heterocycles. The van der Waals surface area contributed by atoms with Crippen LogP contribution in [0.3, 0.4) is 0 Å². The zero-order valence-corrected chi connectivity index (χ0v) is 13.9. The molecule has 0 spiro atoms. The smallest absolute Gasteiger partial charge is 0.313 e. The number of hydrogen-bond donors (Lipinski definition) is 2. The van der Waals surface area contributed by atoms with Crippen LogP contribution in [0.1, 0.15) is 40.6 Å². The Morgan fingerprint density at radius 1 is 1.07 bits per heavy atom. The first kappa shape index (κ1) is 16.4. The highest BCUT2D eigenvalue weighted by atomic mass is 16.2. The molecule has 0 radical (unpaired) electrons. The fraction of sp³-hybridized carbons (Fsp3) is 0.158. The minimum absolute atomic E-state index is 0.0599. The second kappa shape index (κ2) is 6.36. The van der Waals surface area contributed by atoms with Gasteiger partial charge in [-0.1, -0.05) is 12.1 Å². The van der Waals surface area contributed by atoms with Crippen LogP contribution in [-0.4, -0.2) is 20.2 Å². The van der Waals surface area contributed by atoms with E-state index in [0.29, 0.717) is 11.1 Å². The molecule has 2 aromatic heterocycles. The van der Waals surface area contributed by atoms with Gasteiger partial charge in [0.05, 0.1) is 17.2 Å². The lowest BCUT2D eigenvalue weighted by Crippen LogP contribution is -2.23. The molecule has 1 saturated carbocycles. The van der Waals surface area contributed by atoms with E-state index in [9.17, 15) is 14.9 Å². The van der Waals surface area contributed by atoms with Crippen LogP contribution >= 0.6 is 0 Å². The van der Waals surface area contributed by atoms with Crippen molar-refractivity contribution < 1.29 is 0 Å². The molecule has 2 atom stereocenters. The quantitative estimate of drug-likeness (QED) is 0.729. The fourth-order valence-electron chi connectivity index (χ4n) is 3.25. The Labute approximate surface area is 152 Å². The fourth-order valence-corrected chi connectivity index (χ4v) is 3.25. The van der Waals surface area contributed by atoms with Gasteiger partial charge >= 0.3 is 5.69 Å². The highest BCUT2D eigenvalue weighted by molar-refractivity contribution is 5.59. The highest BCUT2D eigenvalue weighted by Gasteiger charge is 2.41. The molecule has 1 fully saturated rings. The molecular formula is C19H12N6O2. The molecule has 0 saturated heterocycles. The Morgan fingerprint density at radius 3 is 2.67 bits per heavy atom. The first-order valence-electron chi connectivity index (χ1n) is 8.21. The topological polar surface area (TPSA) is 139 Å². The highest BCUT2D eigenvalue weighted by Crippen LogP contribution is 2.55. The SMILES string of the molecule is N#Cc1cccc([C@H]2C[C@@H]2c2cc(-c3c[nH]c(=O)[nH]c3=O)nnc2C#N)c1. The summed E-state index contributed by atoms with van der Waals surface area (Å²) in [4.78, 5) is 27.8. The Balaban J connectivity index is 1.73. The molecule has 1 aliphatic carbocycles. The number of benzene rings is 1. The third-order valence-corrected chi connectivity index (χ3v) is 4.66. The zero-order valence-electron chi connectivity index (χ0n) is 13.9. The van der Waals surface area contributed by atoms with Crippen LogP contribution < -0.4 is 11.2 Å². The maximum atomic E-state index is 12.0. The predicted molar refractivity (Wildman–Crippen MR) is 94.7 cm³/mol. The number of H-pyrrole nitrogens is 2. The number of hydrogen-bond acceptors (Lipinski definition) is 6. The Bertz CT molecular complexity index is 1240. The van der Waals surface area contributed by atoms with Crippen molar-refractivity contribution in [1.82, 2.24) is 20.2 Å². The molecule has 1 aromatic carbocycles. The van der Waals surface area contributed by atoms with Crippen molar-refractivity contribution in [1.29, 1.82) is 10.5 Å². The van der Waals surface area contributed by atoms with Crippen molar-refractivity contribution in [2.75, 3.05) is 0 Å². The van der Waals surface area contributed by atoms with Crippen LogP contribution in [-0.2, 0) is 0 Å². The van der Waals surface area contributed by atoms with Crippen molar-refractivity contribution in [3.05, 3.63) is 79.8 Å². The number of rotatable bonds is 3. The van der Waals surface area contributed by atoms with E-state index in [0.717, 1.165) is 12.0 Å². The Morgan fingerprint density at radius 2 is 1.93 bits per heavy atom. The summed E-state index contributed by atoms with van der Waals surface area (Å²) in [6.45, 7) is 0. The molecule has 27 heavy (non-hydrogen) atoms. The van der Waals surface area contributed by atoms with E-state index in [2.05, 4.69) is 26.2 Å². The van der Waals surface area contributed by atoms with E-state index in [1.54, 1.807) is 12.1 Å². The number of aromatic amines is 2. The van der Waals surface area contributed by atoms with Gasteiger partial charge in [-0.3, -0.25) is 9.78 Å². The first-order chi connectivity index (χ1) is 13.1. The molecule has 2 heterocycles. The molecule has 130 valence electrons. The molecule has 8 heteroatoms. The standard InChI is InChI=1S/C19H12N6O2/c20-7-10-2-1-3-11(4-10)12-5-13(12)14-6-16(24-25-17(14)8-21)15-9-22-19(27)23-18(15)26/h1-4,6,9,12-13H,5H2,(H2,22,23,26,27)/t12-,13+/m1/s1. The first-order valence-corrected chi connectivity index (χ1v) is 8.21. The molecule has 0 bridgehead atoms. The summed E-state index contributed by atoms with van der Waals surface area (Å²) >= 11 is 0. The summed E-state index contributed by atoms with van der Waals surface area (Å²) in [7, 11) is 0. The second-order valence-electron chi connectivity index (χ2n) is 6.32. The molecule has 4 rings (SSSR count). The minimum Gasteiger partial charge on any atom is -0.313 e. The van der Waals surface area contributed by atoms with E-state index in [1.165, 1.54) is 6.20 Å². The van der Waals surface area contributed by atoms with Crippen LogP contribution in [0.5, 0.6) is 0 Å². The maximum absolute atomic E-state index is 12.0. The van der Waals surface area contributed by atoms with Crippen molar-refractivity contribution in [3.8, 4) is 23.4 Å². The van der Waals surface area contributed by atoms with Crippen LogP contribution in [0.15, 0.2) is 46.1 Å². The summed E-state index contributed by atoms with van der Waals surface area (Å²) in [6, 6.07) is 13.2. The lowest BCUT2D eigenvalue weighted by Gasteiger charge is -2.06. The predicted octanol–water partition coefficient (Wildman–Crippen LogP) is 1.53. The third-order valence-electron chi connectivity index (χ3n) is 4.66. The van der Waals surface area contributed by atoms with Gasteiger partial charge in [0, 0.05) is 6.20 Å². The molecule has 0 unspecified atom stereocenters. The van der Waals surface area contributed by atoms with Gasteiger partial charge in [-0.25, -0.2) is 4.79 Å². The minimum atomic E-state index is -0.606. The summed E-state index contributed by atoms with van der Waals surface area (Å²) in [5, 5.41) is 26.3. The summed E-state index contributed by atoms with van der Waals surface area (Å²) in [5.41, 5.74) is 1.83. The van der Waals surface area contributed by atoms with E-state index in [-0.39, 0.29) is 28.8 Å². The Hall–Kier alpha value is -4.04. The molecular weight excluding hydrogens is 344 g/mol. The van der Waals surface area contributed by atoms with Crippen LogP contribution in [0.2, 0.25) is 0 Å². The molecule has 8 nitrogen and oxygen atoms in total. The number of nitrogens with one attached hydrogen (secondary N) is 2. The monoisotopic (exact) mass is 356 g/mol. The Kier molecular flexibility index (Phi) is 3.87. The zero-order chi connectivity index (χ0) is 19.0. The molecule has 0 amide bonds. The van der Waals surface area contributed by atoms with E-state index in [4.69, 9.17) is 5.26 Å². The van der Waals surface area contributed by atoms with Crippen LogP contribution in [0.4, 0.5) is 0 Å². The number of nitrogens with zero attached hydrogens (tertiary/aromatic N) is 4.